The van der Waals surface area contributed by atoms with Gasteiger partial charge >= 0.3 is 0 Å². The van der Waals surface area contributed by atoms with Gasteiger partial charge in [-0.25, -0.2) is 0 Å². The molecule has 0 aliphatic rings. The van der Waals surface area contributed by atoms with Gasteiger partial charge in [0.2, 0.25) is 0 Å². The van der Waals surface area contributed by atoms with E-state index in [4.69, 9.17) is 0 Å². The fraction of sp³-hybridized carbons (Fsp3) is 0.400. The highest BCUT2D eigenvalue weighted by Crippen LogP contribution is 2.31. The molecule has 0 atom stereocenters. The maximum absolute atomic E-state index is 2.31. The van der Waals surface area contributed by atoms with Crippen molar-refractivity contribution < 1.29 is 0 Å². The minimum Gasteiger partial charge on any atom is -0.0810 e. The average molecular weight is 278 g/mol. The van der Waals surface area contributed by atoms with Gasteiger partial charge in [-0.2, -0.15) is 0 Å². The molecule has 1 heteroatoms. The van der Waals surface area contributed by atoms with Crippen molar-refractivity contribution in [2.45, 2.75) is 51.8 Å². The molecule has 0 amide bonds. The summed E-state index contributed by atoms with van der Waals surface area (Å²) in [6, 6.07) is 18.1. The van der Waals surface area contributed by atoms with E-state index >= 15 is 0 Å². The van der Waals surface area contributed by atoms with E-state index in [2.05, 4.69) is 77.1 Å². The van der Waals surface area contributed by atoms with E-state index in [1.54, 1.807) is 0 Å². The zero-order valence-corrected chi connectivity index (χ0v) is 13.9. The van der Waals surface area contributed by atoms with Crippen molar-refractivity contribution in [1.29, 1.82) is 0 Å². The normalized spacial score (nSPS) is 11.6. The van der Waals surface area contributed by atoms with Crippen molar-refractivity contribution in [3.8, 4) is 0 Å². The predicted molar refractivity (Wildman–Crippen MR) is 96.0 cm³/mol. The first-order chi connectivity index (χ1) is 10.0. The van der Waals surface area contributed by atoms with Crippen LogP contribution < -0.4 is 0 Å². The van der Waals surface area contributed by atoms with Gasteiger partial charge in [0.15, 0.2) is 0 Å². The second-order valence-electron chi connectivity index (χ2n) is 6.65. The molecule has 0 nitrogen and oxygen atoms in total. The van der Waals surface area contributed by atoms with Gasteiger partial charge < -0.3 is 0 Å². The van der Waals surface area contributed by atoms with Gasteiger partial charge in [0, 0.05) is 5.41 Å². The molecule has 0 aromatic heterocycles. The lowest BCUT2D eigenvalue weighted by atomic mass is 9.77. The van der Waals surface area contributed by atoms with Crippen LogP contribution in [0.1, 0.15) is 48.9 Å². The van der Waals surface area contributed by atoms with Crippen LogP contribution in [0.5, 0.6) is 0 Å². The Kier molecular flexibility index (Phi) is 5.28. The van der Waals surface area contributed by atoms with E-state index in [1.807, 2.05) is 0 Å². The lowest BCUT2D eigenvalue weighted by molar-refractivity contribution is 0.640. The van der Waals surface area contributed by atoms with Crippen LogP contribution in [0.2, 0.25) is 6.32 Å². The molecule has 21 heavy (non-hydrogen) atoms. The summed E-state index contributed by atoms with van der Waals surface area (Å²) in [5.74, 6) is 0. The number of rotatable bonds is 6. The summed E-state index contributed by atoms with van der Waals surface area (Å²) in [6.07, 6.45) is 5.13. The van der Waals surface area contributed by atoms with Crippen LogP contribution in [0.4, 0.5) is 0 Å². The second kappa shape index (κ2) is 6.98. The van der Waals surface area contributed by atoms with Gasteiger partial charge in [-0.15, -0.1) is 0 Å². The molecular formula is C20H27B. The average Bonchev–Trinajstić information content (AvgIpc) is 2.48. The third-order valence-corrected chi connectivity index (χ3v) is 4.52. The molecular weight excluding hydrogens is 251 g/mol. The number of benzene rings is 2. The van der Waals surface area contributed by atoms with Crippen LogP contribution >= 0.6 is 0 Å². The highest BCUT2D eigenvalue weighted by atomic mass is 14.3. The third-order valence-electron chi connectivity index (χ3n) is 4.52. The Morgan fingerprint density at radius 3 is 1.86 bits per heavy atom. The highest BCUT2D eigenvalue weighted by Gasteiger charge is 2.22. The number of hydrogen-bond donors (Lipinski definition) is 0. The van der Waals surface area contributed by atoms with E-state index in [1.165, 1.54) is 47.8 Å². The molecule has 0 spiro atoms. The molecule has 0 N–H and O–H groups in total. The number of unbranched alkanes of at least 4 members (excludes halogenated alkanes) is 1. The Labute approximate surface area is 131 Å². The molecule has 0 unspecified atom stereocenters. The van der Waals surface area contributed by atoms with E-state index < -0.39 is 0 Å². The zero-order valence-electron chi connectivity index (χ0n) is 13.9. The molecule has 0 bridgehead atoms. The van der Waals surface area contributed by atoms with Crippen molar-refractivity contribution in [3.05, 3.63) is 70.8 Å². The van der Waals surface area contributed by atoms with E-state index in [0.29, 0.717) is 0 Å². The quantitative estimate of drug-likeness (QED) is 0.531. The van der Waals surface area contributed by atoms with Crippen LogP contribution in [-0.4, -0.2) is 7.85 Å². The van der Waals surface area contributed by atoms with Crippen molar-refractivity contribution >= 4 is 7.85 Å². The van der Waals surface area contributed by atoms with Crippen molar-refractivity contribution in [1.82, 2.24) is 0 Å². The van der Waals surface area contributed by atoms with Gasteiger partial charge in [-0.05, 0) is 36.5 Å². The van der Waals surface area contributed by atoms with Crippen LogP contribution in [0, 0.1) is 6.92 Å². The Bertz CT molecular complexity index is 549. The molecule has 0 fully saturated rings. The number of aryl methyl sites for hydroxylation is 2. The summed E-state index contributed by atoms with van der Waals surface area (Å²) >= 11 is 0. The summed E-state index contributed by atoms with van der Waals surface area (Å²) < 4.78 is 0. The Balaban J connectivity index is 2.14. The van der Waals surface area contributed by atoms with Crippen LogP contribution in [0.25, 0.3) is 0 Å². The monoisotopic (exact) mass is 278 g/mol. The van der Waals surface area contributed by atoms with Gasteiger partial charge in [0.05, 0.1) is 0 Å². The van der Waals surface area contributed by atoms with Crippen LogP contribution in [-0.2, 0) is 11.8 Å². The summed E-state index contributed by atoms with van der Waals surface area (Å²) in [4.78, 5) is 0. The minimum atomic E-state index is 0.0651. The first kappa shape index (κ1) is 15.9. The van der Waals surface area contributed by atoms with E-state index in [-0.39, 0.29) is 5.41 Å². The van der Waals surface area contributed by atoms with Crippen molar-refractivity contribution in [3.63, 3.8) is 0 Å². The predicted octanol–water partition coefficient (Wildman–Crippen LogP) is 4.70. The Morgan fingerprint density at radius 1 is 0.810 bits per heavy atom. The maximum Gasteiger partial charge on any atom is 0.101 e. The molecule has 2 rings (SSSR count). The topological polar surface area (TPSA) is 0 Å². The smallest absolute Gasteiger partial charge is 0.0810 e. The molecule has 2 aromatic rings. The summed E-state index contributed by atoms with van der Waals surface area (Å²) in [5, 5.41) is 0. The molecule has 0 aliphatic carbocycles. The Morgan fingerprint density at radius 2 is 1.33 bits per heavy atom. The van der Waals surface area contributed by atoms with Crippen LogP contribution in [0.15, 0.2) is 48.5 Å². The first-order valence-corrected chi connectivity index (χ1v) is 8.20. The molecule has 0 saturated carbocycles. The van der Waals surface area contributed by atoms with Crippen molar-refractivity contribution in [2.75, 3.05) is 0 Å². The lowest BCUT2D eigenvalue weighted by Gasteiger charge is -2.26. The maximum atomic E-state index is 2.31. The molecule has 110 valence electrons. The zero-order chi connectivity index (χ0) is 15.3. The SMILES string of the molecule is BCCCCc1ccc(C(C)(C)c2ccc(C)cc2)cc1. The Hall–Kier alpha value is -1.50. The summed E-state index contributed by atoms with van der Waals surface area (Å²) in [7, 11) is 2.26. The second-order valence-corrected chi connectivity index (χ2v) is 6.65. The van der Waals surface area contributed by atoms with E-state index in [0.717, 1.165) is 0 Å². The summed E-state index contributed by atoms with van der Waals surface area (Å²) in [5.41, 5.74) is 5.63. The van der Waals surface area contributed by atoms with Gasteiger partial charge in [0.25, 0.3) is 0 Å². The van der Waals surface area contributed by atoms with Crippen LogP contribution in [0.3, 0.4) is 0 Å². The molecule has 0 heterocycles. The van der Waals surface area contributed by atoms with Gasteiger partial charge in [-0.1, -0.05) is 80.7 Å². The molecule has 2 aromatic carbocycles. The summed E-state index contributed by atoms with van der Waals surface area (Å²) in [6.45, 7) is 6.76. The van der Waals surface area contributed by atoms with Gasteiger partial charge in [0.1, 0.15) is 7.85 Å². The van der Waals surface area contributed by atoms with E-state index in [9.17, 15) is 0 Å². The fourth-order valence-corrected chi connectivity index (χ4v) is 2.80. The first-order valence-electron chi connectivity index (χ1n) is 8.20. The largest absolute Gasteiger partial charge is 0.101 e. The van der Waals surface area contributed by atoms with Gasteiger partial charge in [-0.3, -0.25) is 0 Å². The highest BCUT2D eigenvalue weighted by molar-refractivity contribution is 6.08. The van der Waals surface area contributed by atoms with Crippen molar-refractivity contribution in [2.24, 2.45) is 0 Å². The molecule has 0 saturated heterocycles. The minimum absolute atomic E-state index is 0.0651. The molecule has 0 aliphatic heterocycles. The lowest BCUT2D eigenvalue weighted by Crippen LogP contribution is -2.18. The molecule has 0 radical (unpaired) electrons. The fourth-order valence-electron chi connectivity index (χ4n) is 2.80. The third kappa shape index (κ3) is 4.00. The number of hydrogen-bond acceptors (Lipinski definition) is 0. The standard InChI is InChI=1S/C20H27B/c1-16-7-11-18(12-8-16)20(2,3)19-13-9-17(10-14-19)6-4-5-15-21/h7-14H,4-6,15,21H2,1-3H3.